The largest absolute Gasteiger partial charge is 0.380 e. The monoisotopic (exact) mass is 213 g/mol. The van der Waals surface area contributed by atoms with Gasteiger partial charge in [0.15, 0.2) is 0 Å². The third-order valence-corrected chi connectivity index (χ3v) is 3.80. The van der Waals surface area contributed by atoms with E-state index >= 15 is 0 Å². The smallest absolute Gasteiger partial charge is 0.0638 e. The predicted molar refractivity (Wildman–Crippen MR) is 59.9 cm³/mol. The van der Waals surface area contributed by atoms with Crippen LogP contribution >= 0.6 is 0 Å². The Labute approximate surface area is 92.5 Å². The van der Waals surface area contributed by atoms with Crippen LogP contribution in [0.2, 0.25) is 0 Å². The van der Waals surface area contributed by atoms with E-state index in [0.717, 1.165) is 38.7 Å². The molecule has 1 saturated heterocycles. The van der Waals surface area contributed by atoms with Crippen molar-refractivity contribution >= 4 is 0 Å². The lowest BCUT2D eigenvalue weighted by atomic mass is 9.82. The first kappa shape index (κ1) is 11.4. The first-order valence-corrected chi connectivity index (χ1v) is 6.11. The minimum absolute atomic E-state index is 0.212. The zero-order chi connectivity index (χ0) is 10.7. The Morgan fingerprint density at radius 3 is 2.80 bits per heavy atom. The van der Waals surface area contributed by atoms with E-state index in [1.54, 1.807) is 0 Å². The van der Waals surface area contributed by atoms with Gasteiger partial charge >= 0.3 is 0 Å². The minimum Gasteiger partial charge on any atom is -0.380 e. The lowest BCUT2D eigenvalue weighted by Crippen LogP contribution is -2.42. The van der Waals surface area contributed by atoms with Crippen molar-refractivity contribution in [1.29, 1.82) is 0 Å². The van der Waals surface area contributed by atoms with Crippen LogP contribution in [0.5, 0.6) is 0 Å². The summed E-state index contributed by atoms with van der Waals surface area (Å²) in [4.78, 5) is 0. The van der Waals surface area contributed by atoms with Gasteiger partial charge in [0.25, 0.3) is 0 Å². The van der Waals surface area contributed by atoms with Gasteiger partial charge in [-0.15, -0.1) is 0 Å². The molecule has 2 rings (SSSR count). The molecule has 1 heterocycles. The highest BCUT2D eigenvalue weighted by Gasteiger charge is 2.41. The fourth-order valence-electron chi connectivity index (χ4n) is 2.36. The summed E-state index contributed by atoms with van der Waals surface area (Å²) in [6, 6.07) is 0. The highest BCUT2D eigenvalue weighted by atomic mass is 16.5. The first-order valence-electron chi connectivity index (χ1n) is 6.11. The number of rotatable bonds is 6. The van der Waals surface area contributed by atoms with Crippen molar-refractivity contribution in [2.45, 2.75) is 32.3 Å². The highest BCUT2D eigenvalue weighted by Crippen LogP contribution is 2.36. The van der Waals surface area contributed by atoms with Gasteiger partial charge in [-0.05, 0) is 39.2 Å². The molecule has 1 aliphatic heterocycles. The first-order chi connectivity index (χ1) is 7.27. The van der Waals surface area contributed by atoms with Crippen LogP contribution in [0.1, 0.15) is 26.2 Å². The molecule has 3 nitrogen and oxygen atoms in total. The molecule has 2 atom stereocenters. The van der Waals surface area contributed by atoms with Crippen LogP contribution in [0.15, 0.2) is 0 Å². The van der Waals surface area contributed by atoms with E-state index in [1.165, 1.54) is 12.8 Å². The fraction of sp³-hybridized carbons (Fsp3) is 1.00. The minimum atomic E-state index is 0.212. The van der Waals surface area contributed by atoms with Gasteiger partial charge in [0, 0.05) is 25.2 Å². The van der Waals surface area contributed by atoms with Crippen molar-refractivity contribution in [3.8, 4) is 0 Å². The van der Waals surface area contributed by atoms with Crippen LogP contribution in [0.25, 0.3) is 0 Å². The average Bonchev–Trinajstić information content (AvgIpc) is 2.95. The molecule has 88 valence electrons. The van der Waals surface area contributed by atoms with Crippen LogP contribution in [0, 0.1) is 11.3 Å². The van der Waals surface area contributed by atoms with E-state index in [1.807, 2.05) is 7.05 Å². The lowest BCUT2D eigenvalue weighted by molar-refractivity contribution is -0.00819. The van der Waals surface area contributed by atoms with Crippen molar-refractivity contribution in [2.75, 3.05) is 33.4 Å². The molecule has 2 fully saturated rings. The molecule has 0 amide bonds. The normalized spacial score (nSPS) is 36.0. The molecule has 1 saturated carbocycles. The molecule has 1 aliphatic carbocycles. The lowest BCUT2D eigenvalue weighted by Gasteiger charge is -2.31. The van der Waals surface area contributed by atoms with Gasteiger partial charge in [-0.3, -0.25) is 0 Å². The molecule has 0 bridgehead atoms. The maximum absolute atomic E-state index is 5.85. The van der Waals surface area contributed by atoms with Crippen LogP contribution in [0.3, 0.4) is 0 Å². The molecule has 0 spiro atoms. The van der Waals surface area contributed by atoms with Crippen molar-refractivity contribution < 1.29 is 9.47 Å². The van der Waals surface area contributed by atoms with E-state index in [0.29, 0.717) is 6.10 Å². The Balaban J connectivity index is 1.80. The average molecular weight is 213 g/mol. The molecule has 0 aromatic rings. The molecule has 15 heavy (non-hydrogen) atoms. The Kier molecular flexibility index (Phi) is 3.65. The Morgan fingerprint density at radius 1 is 1.47 bits per heavy atom. The molecule has 0 aromatic carbocycles. The molecule has 2 unspecified atom stereocenters. The summed E-state index contributed by atoms with van der Waals surface area (Å²) in [6.07, 6.45) is 4.18. The summed E-state index contributed by atoms with van der Waals surface area (Å²) in [7, 11) is 2.01. The molecule has 1 N–H and O–H groups in total. The van der Waals surface area contributed by atoms with E-state index in [9.17, 15) is 0 Å². The van der Waals surface area contributed by atoms with Crippen molar-refractivity contribution in [2.24, 2.45) is 11.3 Å². The quantitative estimate of drug-likeness (QED) is 0.724. The van der Waals surface area contributed by atoms with Crippen LogP contribution in [0.4, 0.5) is 0 Å². The predicted octanol–water partition coefficient (Wildman–Crippen LogP) is 1.43. The maximum Gasteiger partial charge on any atom is 0.0638 e. The highest BCUT2D eigenvalue weighted by molar-refractivity contribution is 4.91. The number of ether oxygens (including phenoxy) is 2. The van der Waals surface area contributed by atoms with Crippen LogP contribution in [-0.2, 0) is 9.47 Å². The van der Waals surface area contributed by atoms with Gasteiger partial charge in [-0.1, -0.05) is 0 Å². The molecule has 0 aromatic heterocycles. The summed E-state index contributed by atoms with van der Waals surface area (Å²) >= 11 is 0. The van der Waals surface area contributed by atoms with Gasteiger partial charge in [0.2, 0.25) is 0 Å². The molecule has 3 heteroatoms. The molecule has 2 aliphatic rings. The third-order valence-electron chi connectivity index (χ3n) is 3.80. The van der Waals surface area contributed by atoms with Gasteiger partial charge < -0.3 is 14.8 Å². The number of hydrogen-bond donors (Lipinski definition) is 1. The Hall–Kier alpha value is -0.120. The summed E-state index contributed by atoms with van der Waals surface area (Å²) in [5.74, 6) is 0.856. The third kappa shape index (κ3) is 2.71. The zero-order valence-corrected chi connectivity index (χ0v) is 9.92. The number of hydrogen-bond acceptors (Lipinski definition) is 3. The van der Waals surface area contributed by atoms with Crippen molar-refractivity contribution in [3.05, 3.63) is 0 Å². The zero-order valence-electron chi connectivity index (χ0n) is 9.92. The second-order valence-corrected chi connectivity index (χ2v) is 5.11. The van der Waals surface area contributed by atoms with Crippen molar-refractivity contribution in [3.63, 3.8) is 0 Å². The summed E-state index contributed by atoms with van der Waals surface area (Å²) < 4.78 is 11.5. The van der Waals surface area contributed by atoms with Gasteiger partial charge in [-0.2, -0.15) is 0 Å². The topological polar surface area (TPSA) is 30.5 Å². The summed E-state index contributed by atoms with van der Waals surface area (Å²) in [5.41, 5.74) is 0.212. The Bertz CT molecular complexity index is 206. The molecular formula is C12H23NO2. The number of nitrogens with one attached hydrogen (secondary N) is 1. The van der Waals surface area contributed by atoms with Crippen LogP contribution < -0.4 is 5.32 Å². The van der Waals surface area contributed by atoms with E-state index < -0.39 is 0 Å². The Morgan fingerprint density at radius 2 is 2.27 bits per heavy atom. The second kappa shape index (κ2) is 4.81. The molecule has 0 radical (unpaired) electrons. The van der Waals surface area contributed by atoms with Gasteiger partial charge in [0.1, 0.15) is 0 Å². The van der Waals surface area contributed by atoms with E-state index in [2.05, 4.69) is 12.2 Å². The fourth-order valence-corrected chi connectivity index (χ4v) is 2.36. The second-order valence-electron chi connectivity index (χ2n) is 5.11. The molecular weight excluding hydrogens is 190 g/mol. The van der Waals surface area contributed by atoms with E-state index in [-0.39, 0.29) is 5.41 Å². The standard InChI is InChI=1S/C12H23NO2/c1-10-12(8-13-2,5-6-15-10)9-14-7-11-3-4-11/h10-11,13H,3-9H2,1-2H3. The van der Waals surface area contributed by atoms with E-state index in [4.69, 9.17) is 9.47 Å². The van der Waals surface area contributed by atoms with Crippen molar-refractivity contribution in [1.82, 2.24) is 5.32 Å². The summed E-state index contributed by atoms with van der Waals surface area (Å²) in [6.45, 7) is 5.86. The maximum atomic E-state index is 5.85. The van der Waals surface area contributed by atoms with Gasteiger partial charge in [-0.25, -0.2) is 0 Å². The van der Waals surface area contributed by atoms with Crippen LogP contribution in [-0.4, -0.2) is 39.5 Å². The SMILES string of the molecule is CNCC1(COCC2CC2)CCOC1C. The van der Waals surface area contributed by atoms with Gasteiger partial charge in [0.05, 0.1) is 12.7 Å². The summed E-state index contributed by atoms with van der Waals surface area (Å²) in [5, 5.41) is 3.27.